The summed E-state index contributed by atoms with van der Waals surface area (Å²) >= 11 is 0. The summed E-state index contributed by atoms with van der Waals surface area (Å²) in [4.78, 5) is 19.6. The number of furan rings is 1. The molecule has 2 rings (SSSR count). The average Bonchev–Trinajstić information content (AvgIpc) is 2.83. The number of carbonyl (C=O) groups excluding carboxylic acids is 1. The second kappa shape index (κ2) is 4.57. The van der Waals surface area contributed by atoms with Gasteiger partial charge in [-0.2, -0.15) is 0 Å². The Morgan fingerprint density at radius 3 is 3.06 bits per heavy atom. The van der Waals surface area contributed by atoms with Gasteiger partial charge in [-0.25, -0.2) is 9.97 Å². The minimum Gasteiger partial charge on any atom is -0.481 e. The lowest BCUT2D eigenvalue weighted by molar-refractivity contribution is 0.0991. The Bertz CT molecular complexity index is 480. The van der Waals surface area contributed by atoms with Crippen molar-refractivity contribution in [2.24, 2.45) is 0 Å². The van der Waals surface area contributed by atoms with Crippen LogP contribution in [0.5, 0.6) is 5.88 Å². The van der Waals surface area contributed by atoms with Crippen LogP contribution >= 0.6 is 0 Å². The molecule has 0 bridgehead atoms. The lowest BCUT2D eigenvalue weighted by Crippen LogP contribution is -2.04. The maximum Gasteiger partial charge on any atom is 0.216 e. The summed E-state index contributed by atoms with van der Waals surface area (Å²) in [7, 11) is 1.52. The number of nitrogens with zero attached hydrogens (tertiary/aromatic N) is 2. The van der Waals surface area contributed by atoms with E-state index < -0.39 is 0 Å². The van der Waals surface area contributed by atoms with Crippen LogP contribution in [0.2, 0.25) is 0 Å². The van der Waals surface area contributed by atoms with Crippen molar-refractivity contribution in [3.05, 3.63) is 42.2 Å². The number of aromatic nitrogens is 2. The first-order valence-corrected chi connectivity index (χ1v) is 4.70. The molecule has 2 aromatic heterocycles. The Labute approximate surface area is 92.1 Å². The van der Waals surface area contributed by atoms with Crippen LogP contribution in [0, 0.1) is 0 Å². The van der Waals surface area contributed by atoms with Crippen LogP contribution < -0.4 is 4.74 Å². The Balaban J connectivity index is 2.12. The first kappa shape index (κ1) is 10.4. The molecule has 0 saturated heterocycles. The van der Waals surface area contributed by atoms with Crippen molar-refractivity contribution in [3.63, 3.8) is 0 Å². The molecule has 0 aromatic carbocycles. The maximum atomic E-state index is 11.7. The molecule has 0 aliphatic carbocycles. The smallest absolute Gasteiger partial charge is 0.216 e. The average molecular weight is 218 g/mol. The second-order valence-electron chi connectivity index (χ2n) is 3.16. The molecule has 0 unspecified atom stereocenters. The van der Waals surface area contributed by atoms with Crippen LogP contribution in [0.4, 0.5) is 0 Å². The van der Waals surface area contributed by atoms with Gasteiger partial charge in [0.2, 0.25) is 5.88 Å². The Kier molecular flexibility index (Phi) is 2.95. The van der Waals surface area contributed by atoms with E-state index in [1.54, 1.807) is 12.1 Å². The molecule has 5 nitrogen and oxygen atoms in total. The van der Waals surface area contributed by atoms with Gasteiger partial charge in [-0.15, -0.1) is 0 Å². The number of carbonyl (C=O) groups is 1. The van der Waals surface area contributed by atoms with E-state index in [1.807, 2.05) is 0 Å². The monoisotopic (exact) mass is 218 g/mol. The number of Topliss-reactive ketones (excluding diaryl/α,β-unsaturated/α-hetero) is 1. The summed E-state index contributed by atoms with van der Waals surface area (Å²) in [5.41, 5.74) is 1.16. The Hall–Kier alpha value is -2.17. The fourth-order valence-electron chi connectivity index (χ4n) is 1.27. The highest BCUT2D eigenvalue weighted by atomic mass is 16.5. The SMILES string of the molecule is COc1cc(CC(=O)c2ccoc2)ncn1. The van der Waals surface area contributed by atoms with E-state index in [2.05, 4.69) is 9.97 Å². The van der Waals surface area contributed by atoms with Gasteiger partial charge in [0.05, 0.1) is 31.1 Å². The van der Waals surface area contributed by atoms with E-state index in [0.717, 1.165) is 0 Å². The summed E-state index contributed by atoms with van der Waals surface area (Å²) in [6, 6.07) is 3.26. The van der Waals surface area contributed by atoms with E-state index in [0.29, 0.717) is 17.1 Å². The van der Waals surface area contributed by atoms with E-state index in [1.165, 1.54) is 26.0 Å². The summed E-state index contributed by atoms with van der Waals surface area (Å²) < 4.78 is 9.79. The Morgan fingerprint density at radius 2 is 2.38 bits per heavy atom. The van der Waals surface area contributed by atoms with Crippen molar-refractivity contribution >= 4 is 5.78 Å². The molecule has 0 radical (unpaired) electrons. The normalized spacial score (nSPS) is 10.1. The molecule has 2 heterocycles. The van der Waals surface area contributed by atoms with Gasteiger partial charge in [0.25, 0.3) is 0 Å². The van der Waals surface area contributed by atoms with Crippen molar-refractivity contribution in [2.75, 3.05) is 7.11 Å². The summed E-state index contributed by atoms with van der Waals surface area (Å²) in [6.07, 6.45) is 4.46. The van der Waals surface area contributed by atoms with Crippen molar-refractivity contribution in [1.29, 1.82) is 0 Å². The van der Waals surface area contributed by atoms with Gasteiger partial charge in [0.15, 0.2) is 5.78 Å². The fourth-order valence-corrected chi connectivity index (χ4v) is 1.27. The van der Waals surface area contributed by atoms with Crippen LogP contribution in [0.25, 0.3) is 0 Å². The second-order valence-corrected chi connectivity index (χ2v) is 3.16. The molecule has 5 heteroatoms. The van der Waals surface area contributed by atoms with Crippen molar-refractivity contribution in [2.45, 2.75) is 6.42 Å². The highest BCUT2D eigenvalue weighted by molar-refractivity contribution is 5.96. The number of hydrogen-bond acceptors (Lipinski definition) is 5. The van der Waals surface area contributed by atoms with E-state index in [-0.39, 0.29) is 12.2 Å². The maximum absolute atomic E-state index is 11.7. The third kappa shape index (κ3) is 2.25. The topological polar surface area (TPSA) is 65.2 Å². The molecule has 82 valence electrons. The highest BCUT2D eigenvalue weighted by Gasteiger charge is 2.09. The molecule has 0 amide bonds. The number of hydrogen-bond donors (Lipinski definition) is 0. The lowest BCUT2D eigenvalue weighted by atomic mass is 10.1. The van der Waals surface area contributed by atoms with E-state index in [4.69, 9.17) is 9.15 Å². The van der Waals surface area contributed by atoms with Gasteiger partial charge in [-0.1, -0.05) is 0 Å². The summed E-state index contributed by atoms with van der Waals surface area (Å²) in [5.74, 6) is 0.402. The van der Waals surface area contributed by atoms with Crippen LogP contribution in [0.3, 0.4) is 0 Å². The predicted octanol–water partition coefficient (Wildman–Crippen LogP) is 1.50. The first-order valence-electron chi connectivity index (χ1n) is 4.70. The fraction of sp³-hybridized carbons (Fsp3) is 0.182. The molecule has 0 atom stereocenters. The third-order valence-electron chi connectivity index (χ3n) is 2.09. The molecular formula is C11H10N2O3. The van der Waals surface area contributed by atoms with Crippen LogP contribution in [0.1, 0.15) is 16.1 Å². The first-order chi connectivity index (χ1) is 7.79. The number of methoxy groups -OCH3 is 1. The molecule has 0 fully saturated rings. The molecule has 0 saturated carbocycles. The largest absolute Gasteiger partial charge is 0.481 e. The molecule has 2 aromatic rings. The zero-order chi connectivity index (χ0) is 11.4. The van der Waals surface area contributed by atoms with Gasteiger partial charge in [-0.3, -0.25) is 4.79 Å². The van der Waals surface area contributed by atoms with Gasteiger partial charge < -0.3 is 9.15 Å². The molecule has 0 spiro atoms. The standard InChI is InChI=1S/C11H10N2O3/c1-15-11-5-9(12-7-13-11)4-10(14)8-2-3-16-6-8/h2-3,5-7H,4H2,1H3. The van der Waals surface area contributed by atoms with Gasteiger partial charge >= 0.3 is 0 Å². The summed E-state index contributed by atoms with van der Waals surface area (Å²) in [6.45, 7) is 0. The van der Waals surface area contributed by atoms with Crippen LogP contribution in [0.15, 0.2) is 35.4 Å². The van der Waals surface area contributed by atoms with Crippen molar-refractivity contribution in [3.8, 4) is 5.88 Å². The summed E-state index contributed by atoms with van der Waals surface area (Å²) in [5, 5.41) is 0. The molecule has 0 aliphatic rings. The molecular weight excluding hydrogens is 208 g/mol. The number of ether oxygens (including phenoxy) is 1. The predicted molar refractivity (Wildman–Crippen MR) is 55.3 cm³/mol. The van der Waals surface area contributed by atoms with E-state index >= 15 is 0 Å². The zero-order valence-corrected chi connectivity index (χ0v) is 8.71. The molecule has 0 aliphatic heterocycles. The van der Waals surface area contributed by atoms with Crippen LogP contribution in [-0.2, 0) is 6.42 Å². The Morgan fingerprint density at radius 1 is 1.50 bits per heavy atom. The van der Waals surface area contributed by atoms with Gasteiger partial charge in [0.1, 0.15) is 12.6 Å². The minimum atomic E-state index is -0.0468. The molecule has 0 N–H and O–H groups in total. The van der Waals surface area contributed by atoms with Crippen LogP contribution in [-0.4, -0.2) is 22.9 Å². The van der Waals surface area contributed by atoms with E-state index in [9.17, 15) is 4.79 Å². The lowest BCUT2D eigenvalue weighted by Gasteiger charge is -2.00. The van der Waals surface area contributed by atoms with Crippen molar-refractivity contribution < 1.29 is 13.9 Å². The van der Waals surface area contributed by atoms with Gasteiger partial charge in [0, 0.05) is 6.07 Å². The molecule has 16 heavy (non-hydrogen) atoms. The number of rotatable bonds is 4. The minimum absolute atomic E-state index is 0.0468. The van der Waals surface area contributed by atoms with Gasteiger partial charge in [-0.05, 0) is 6.07 Å². The highest BCUT2D eigenvalue weighted by Crippen LogP contribution is 2.10. The van der Waals surface area contributed by atoms with Crippen molar-refractivity contribution in [1.82, 2.24) is 9.97 Å². The third-order valence-corrected chi connectivity index (χ3v) is 2.09. The zero-order valence-electron chi connectivity index (χ0n) is 8.71. The number of ketones is 1. The quantitative estimate of drug-likeness (QED) is 0.727.